The van der Waals surface area contributed by atoms with Crippen LogP contribution >= 0.6 is 0 Å². The van der Waals surface area contributed by atoms with Gasteiger partial charge in [-0.1, -0.05) is 42.5 Å². The number of nitrogens with two attached hydrogens (primary N) is 2. The number of rotatable bonds is 7. The van der Waals surface area contributed by atoms with Crippen LogP contribution in [0, 0.1) is 0 Å². The topological polar surface area (TPSA) is 53.5 Å². The molecular weight excluding hydrogens is 236 g/mol. The van der Waals surface area contributed by atoms with Crippen LogP contribution in [0.5, 0.6) is 0 Å². The Morgan fingerprint density at radius 2 is 1.74 bits per heavy atom. The normalized spacial score (nSPS) is 12.7. The van der Waals surface area contributed by atoms with Gasteiger partial charge in [-0.3, -0.25) is 0 Å². The largest absolute Gasteiger partial charge is 0.388 e. The number of hydrogen-bond donors (Lipinski definition) is 3. The number of aliphatic hydroxyl groups is 1. The Balaban J connectivity index is 1.82. The molecule has 0 unspecified atom stereocenters. The molecule has 0 aliphatic heterocycles. The fraction of sp³-hybridized carbons (Fsp3) is 0.375. The molecule has 102 valence electrons. The number of benzene rings is 2. The highest BCUT2D eigenvalue weighted by atomic mass is 16.3. The molecule has 3 heteroatoms. The van der Waals surface area contributed by atoms with Crippen molar-refractivity contribution in [3.05, 3.63) is 48.0 Å². The van der Waals surface area contributed by atoms with Crippen LogP contribution in [0.3, 0.4) is 0 Å². The molecule has 0 aliphatic rings. The summed E-state index contributed by atoms with van der Waals surface area (Å²) in [4.78, 5) is 0. The van der Waals surface area contributed by atoms with E-state index in [1.165, 1.54) is 16.3 Å². The lowest BCUT2D eigenvalue weighted by atomic mass is 10.0. The Morgan fingerprint density at radius 3 is 2.58 bits per heavy atom. The molecule has 2 aromatic rings. The van der Waals surface area contributed by atoms with Crippen molar-refractivity contribution in [3.8, 4) is 0 Å². The molecular formula is C16H24N2O+2. The van der Waals surface area contributed by atoms with Gasteiger partial charge in [0.2, 0.25) is 0 Å². The minimum Gasteiger partial charge on any atom is -0.388 e. The van der Waals surface area contributed by atoms with E-state index in [4.69, 9.17) is 5.11 Å². The average Bonchev–Trinajstić information content (AvgIpc) is 2.42. The third kappa shape index (κ3) is 4.31. The molecule has 1 atom stereocenters. The monoisotopic (exact) mass is 260 g/mol. The Morgan fingerprint density at radius 1 is 1.00 bits per heavy atom. The van der Waals surface area contributed by atoms with Crippen molar-refractivity contribution in [3.63, 3.8) is 0 Å². The summed E-state index contributed by atoms with van der Waals surface area (Å²) in [6, 6.07) is 15.0. The first-order valence-corrected chi connectivity index (χ1v) is 7.05. The maximum absolute atomic E-state index is 9.16. The van der Waals surface area contributed by atoms with Gasteiger partial charge in [0.15, 0.2) is 0 Å². The lowest BCUT2D eigenvalue weighted by molar-refractivity contribution is -0.733. The van der Waals surface area contributed by atoms with E-state index in [-0.39, 0.29) is 6.10 Å². The van der Waals surface area contributed by atoms with Crippen molar-refractivity contribution in [2.75, 3.05) is 19.6 Å². The maximum atomic E-state index is 9.16. The fourth-order valence-electron chi connectivity index (χ4n) is 2.32. The first-order chi connectivity index (χ1) is 9.27. The van der Waals surface area contributed by atoms with E-state index in [1.807, 2.05) is 6.92 Å². The van der Waals surface area contributed by atoms with E-state index in [2.05, 4.69) is 53.1 Å². The summed E-state index contributed by atoms with van der Waals surface area (Å²) in [6.07, 6.45) is -0.210. The minimum absolute atomic E-state index is 0.210. The fourth-order valence-corrected chi connectivity index (χ4v) is 2.32. The minimum atomic E-state index is -0.210. The molecule has 0 saturated heterocycles. The Hall–Kier alpha value is -1.42. The molecule has 0 spiro atoms. The Bertz CT molecular complexity index is 506. The van der Waals surface area contributed by atoms with E-state index in [1.54, 1.807) is 0 Å². The van der Waals surface area contributed by atoms with Crippen LogP contribution < -0.4 is 10.6 Å². The van der Waals surface area contributed by atoms with Crippen molar-refractivity contribution >= 4 is 10.8 Å². The lowest BCUT2D eigenvalue weighted by Gasteiger charge is -2.06. The van der Waals surface area contributed by atoms with Gasteiger partial charge in [0.25, 0.3) is 0 Å². The molecule has 0 heterocycles. The van der Waals surface area contributed by atoms with Crippen LogP contribution in [0.4, 0.5) is 0 Å². The van der Waals surface area contributed by atoms with Crippen molar-refractivity contribution in [2.45, 2.75) is 19.6 Å². The SMILES string of the molecule is C[C@@H](O)C[NH2+]CC[NH2+]Cc1cccc2ccccc12. The number of aliphatic hydroxyl groups excluding tert-OH is 1. The first kappa shape index (κ1) is 14.0. The molecule has 2 rings (SSSR count). The van der Waals surface area contributed by atoms with Gasteiger partial charge in [-0.15, -0.1) is 0 Å². The summed E-state index contributed by atoms with van der Waals surface area (Å²) in [5, 5.41) is 16.3. The van der Waals surface area contributed by atoms with Gasteiger partial charge < -0.3 is 15.7 Å². The quantitative estimate of drug-likeness (QED) is 0.596. The summed E-state index contributed by atoms with van der Waals surface area (Å²) in [6.45, 7) is 5.77. The van der Waals surface area contributed by atoms with Gasteiger partial charge in [0.1, 0.15) is 26.2 Å². The second kappa shape index (κ2) is 7.24. The molecule has 0 amide bonds. The summed E-state index contributed by atoms with van der Waals surface area (Å²) in [7, 11) is 0. The Labute approximate surface area is 114 Å². The van der Waals surface area contributed by atoms with Crippen LogP contribution in [-0.4, -0.2) is 30.8 Å². The lowest BCUT2D eigenvalue weighted by Crippen LogP contribution is -2.95. The van der Waals surface area contributed by atoms with E-state index in [0.29, 0.717) is 0 Å². The number of hydrogen-bond acceptors (Lipinski definition) is 1. The molecule has 0 aliphatic carbocycles. The highest BCUT2D eigenvalue weighted by molar-refractivity contribution is 5.85. The highest BCUT2D eigenvalue weighted by Crippen LogP contribution is 2.17. The van der Waals surface area contributed by atoms with Crippen LogP contribution in [0.25, 0.3) is 10.8 Å². The first-order valence-electron chi connectivity index (χ1n) is 7.05. The van der Waals surface area contributed by atoms with E-state index in [0.717, 1.165) is 26.2 Å². The van der Waals surface area contributed by atoms with Gasteiger partial charge in [-0.2, -0.15) is 0 Å². The van der Waals surface area contributed by atoms with Crippen LogP contribution in [0.1, 0.15) is 12.5 Å². The van der Waals surface area contributed by atoms with Gasteiger partial charge in [-0.05, 0) is 17.7 Å². The third-order valence-electron chi connectivity index (χ3n) is 3.33. The van der Waals surface area contributed by atoms with Crippen LogP contribution in [-0.2, 0) is 6.54 Å². The molecule has 3 nitrogen and oxygen atoms in total. The number of fused-ring (bicyclic) bond motifs is 1. The Kier molecular flexibility index (Phi) is 5.33. The molecule has 2 aromatic carbocycles. The summed E-state index contributed by atoms with van der Waals surface area (Å²) in [5.74, 6) is 0. The van der Waals surface area contributed by atoms with E-state index < -0.39 is 0 Å². The van der Waals surface area contributed by atoms with Gasteiger partial charge in [-0.25, -0.2) is 0 Å². The highest BCUT2D eigenvalue weighted by Gasteiger charge is 2.02. The predicted molar refractivity (Wildman–Crippen MR) is 77.8 cm³/mol. The maximum Gasteiger partial charge on any atom is 0.125 e. The molecule has 0 aromatic heterocycles. The summed E-state index contributed by atoms with van der Waals surface area (Å²) in [5.41, 5.74) is 1.40. The van der Waals surface area contributed by atoms with Gasteiger partial charge >= 0.3 is 0 Å². The molecule has 5 N–H and O–H groups in total. The zero-order chi connectivity index (χ0) is 13.5. The van der Waals surface area contributed by atoms with Crippen LogP contribution in [0.2, 0.25) is 0 Å². The molecule has 0 radical (unpaired) electrons. The smallest absolute Gasteiger partial charge is 0.125 e. The standard InChI is InChI=1S/C16H22N2O/c1-13(19)11-17-9-10-18-12-15-7-4-6-14-5-2-3-8-16(14)15/h2-8,13,17-19H,9-12H2,1H3/p+2/t13-/m1/s1. The second-order valence-corrected chi connectivity index (χ2v) is 5.08. The van der Waals surface area contributed by atoms with E-state index in [9.17, 15) is 0 Å². The van der Waals surface area contributed by atoms with Gasteiger partial charge in [0.05, 0.1) is 6.10 Å². The summed E-state index contributed by atoms with van der Waals surface area (Å²) < 4.78 is 0. The number of quaternary nitrogens is 2. The zero-order valence-corrected chi connectivity index (χ0v) is 11.5. The van der Waals surface area contributed by atoms with Crippen LogP contribution in [0.15, 0.2) is 42.5 Å². The average molecular weight is 260 g/mol. The molecule has 0 bridgehead atoms. The van der Waals surface area contributed by atoms with Crippen molar-refractivity contribution in [1.29, 1.82) is 0 Å². The molecule has 0 fully saturated rings. The van der Waals surface area contributed by atoms with Crippen molar-refractivity contribution < 1.29 is 15.7 Å². The predicted octanol–water partition coefficient (Wildman–Crippen LogP) is -0.153. The third-order valence-corrected chi connectivity index (χ3v) is 3.33. The molecule has 0 saturated carbocycles. The van der Waals surface area contributed by atoms with Crippen molar-refractivity contribution in [2.24, 2.45) is 0 Å². The van der Waals surface area contributed by atoms with Gasteiger partial charge in [0, 0.05) is 5.56 Å². The molecule has 19 heavy (non-hydrogen) atoms. The zero-order valence-electron chi connectivity index (χ0n) is 11.5. The van der Waals surface area contributed by atoms with Crippen molar-refractivity contribution in [1.82, 2.24) is 0 Å². The van der Waals surface area contributed by atoms with E-state index >= 15 is 0 Å². The summed E-state index contributed by atoms with van der Waals surface area (Å²) >= 11 is 0. The second-order valence-electron chi connectivity index (χ2n) is 5.08.